The van der Waals surface area contributed by atoms with Gasteiger partial charge in [-0.3, -0.25) is 9.78 Å². The first-order valence-electron chi connectivity index (χ1n) is 6.61. The molecule has 22 heavy (non-hydrogen) atoms. The lowest BCUT2D eigenvalue weighted by Gasteiger charge is -2.11. The van der Waals surface area contributed by atoms with E-state index in [1.165, 1.54) is 24.5 Å². The van der Waals surface area contributed by atoms with Crippen LogP contribution in [0.5, 0.6) is 0 Å². The van der Waals surface area contributed by atoms with Crippen molar-refractivity contribution in [3.63, 3.8) is 0 Å². The quantitative estimate of drug-likeness (QED) is 0.879. The first kappa shape index (κ1) is 16.0. The van der Waals surface area contributed by atoms with Crippen LogP contribution in [0.15, 0.2) is 36.7 Å². The van der Waals surface area contributed by atoms with Crippen molar-refractivity contribution in [2.24, 2.45) is 0 Å². The molecule has 5 nitrogen and oxygen atoms in total. The van der Waals surface area contributed by atoms with Gasteiger partial charge >= 0.3 is 5.97 Å². The molecule has 0 saturated carbocycles. The fraction of sp³-hybridized carbons (Fsp3) is 0.188. The molecule has 114 valence electrons. The van der Waals surface area contributed by atoms with Gasteiger partial charge in [0.05, 0.1) is 16.3 Å². The van der Waals surface area contributed by atoms with Crippen LogP contribution in [0.2, 0.25) is 5.02 Å². The second kappa shape index (κ2) is 7.04. The molecule has 0 aliphatic carbocycles. The summed E-state index contributed by atoms with van der Waals surface area (Å²) >= 11 is 6.11. The van der Waals surface area contributed by atoms with E-state index in [1.807, 2.05) is 19.9 Å². The molecule has 0 atom stereocenters. The van der Waals surface area contributed by atoms with E-state index < -0.39 is 11.9 Å². The molecule has 1 amide bonds. The van der Waals surface area contributed by atoms with E-state index in [1.54, 1.807) is 6.07 Å². The molecule has 0 unspecified atom stereocenters. The number of esters is 1. The van der Waals surface area contributed by atoms with Crippen LogP contribution in [0.3, 0.4) is 0 Å². The number of halogens is 1. The lowest BCUT2D eigenvalue weighted by atomic mass is 10.1. The molecule has 1 heterocycles. The van der Waals surface area contributed by atoms with Crippen LogP contribution in [0.4, 0.5) is 5.69 Å². The number of nitrogens with zero attached hydrogens (tertiary/aromatic N) is 1. The van der Waals surface area contributed by atoms with E-state index >= 15 is 0 Å². The Kier molecular flexibility index (Phi) is 5.12. The Morgan fingerprint density at radius 1 is 1.23 bits per heavy atom. The molecule has 6 heteroatoms. The zero-order chi connectivity index (χ0) is 16.1. The smallest absolute Gasteiger partial charge is 0.338 e. The van der Waals surface area contributed by atoms with E-state index in [0.29, 0.717) is 16.3 Å². The highest BCUT2D eigenvalue weighted by Crippen LogP contribution is 2.27. The van der Waals surface area contributed by atoms with Crippen molar-refractivity contribution < 1.29 is 14.3 Å². The van der Waals surface area contributed by atoms with Gasteiger partial charge in [-0.05, 0) is 43.2 Å². The first-order valence-corrected chi connectivity index (χ1v) is 6.99. The summed E-state index contributed by atoms with van der Waals surface area (Å²) in [4.78, 5) is 27.4. The van der Waals surface area contributed by atoms with Crippen LogP contribution < -0.4 is 5.32 Å². The number of benzene rings is 1. The third kappa shape index (κ3) is 4.05. The van der Waals surface area contributed by atoms with Gasteiger partial charge in [-0.15, -0.1) is 0 Å². The Balaban J connectivity index is 1.95. The molecule has 0 aliphatic rings. The van der Waals surface area contributed by atoms with Gasteiger partial charge in [0, 0.05) is 12.4 Å². The van der Waals surface area contributed by atoms with Crippen LogP contribution in [0.25, 0.3) is 0 Å². The minimum Gasteiger partial charge on any atom is -0.452 e. The Morgan fingerprint density at radius 2 is 1.91 bits per heavy atom. The van der Waals surface area contributed by atoms with E-state index in [-0.39, 0.29) is 6.61 Å². The third-order valence-corrected chi connectivity index (χ3v) is 3.24. The van der Waals surface area contributed by atoms with Gasteiger partial charge in [0.1, 0.15) is 0 Å². The Bertz CT molecular complexity index is 679. The number of hydrogen-bond donors (Lipinski definition) is 1. The van der Waals surface area contributed by atoms with E-state index in [4.69, 9.17) is 16.3 Å². The number of pyridine rings is 1. The number of carbonyl (C=O) groups excluding carboxylic acids is 2. The molecule has 2 aromatic rings. The van der Waals surface area contributed by atoms with Gasteiger partial charge in [-0.2, -0.15) is 0 Å². The maximum Gasteiger partial charge on any atom is 0.338 e. The molecular formula is C16H15ClN2O3. The predicted octanol–water partition coefficient (Wildman–Crippen LogP) is 3.15. The van der Waals surface area contributed by atoms with Crippen molar-refractivity contribution in [3.8, 4) is 0 Å². The molecule has 0 spiro atoms. The highest BCUT2D eigenvalue weighted by atomic mass is 35.5. The van der Waals surface area contributed by atoms with E-state index in [2.05, 4.69) is 10.3 Å². The molecule has 2 rings (SSSR count). The average Bonchev–Trinajstić information content (AvgIpc) is 2.49. The lowest BCUT2D eigenvalue weighted by molar-refractivity contribution is -0.119. The lowest BCUT2D eigenvalue weighted by Crippen LogP contribution is -2.21. The SMILES string of the molecule is Cc1cc(C)c(NC(=O)COC(=O)c2ccncc2)c(Cl)c1. The molecule has 1 N–H and O–H groups in total. The van der Waals surface area contributed by atoms with Gasteiger partial charge in [0.2, 0.25) is 0 Å². The zero-order valence-electron chi connectivity index (χ0n) is 12.2. The van der Waals surface area contributed by atoms with Gasteiger partial charge in [0.15, 0.2) is 6.61 Å². The normalized spacial score (nSPS) is 10.1. The highest BCUT2D eigenvalue weighted by Gasteiger charge is 2.12. The summed E-state index contributed by atoms with van der Waals surface area (Å²) in [7, 11) is 0. The number of ether oxygens (including phenoxy) is 1. The minimum atomic E-state index is -0.579. The summed E-state index contributed by atoms with van der Waals surface area (Å²) in [6.07, 6.45) is 2.96. The Hall–Kier alpha value is -2.40. The summed E-state index contributed by atoms with van der Waals surface area (Å²) in [5.41, 5.74) is 2.72. The maximum atomic E-state index is 11.9. The number of aromatic nitrogens is 1. The fourth-order valence-electron chi connectivity index (χ4n) is 1.95. The monoisotopic (exact) mass is 318 g/mol. The van der Waals surface area contributed by atoms with Gasteiger partial charge in [0.25, 0.3) is 5.91 Å². The number of anilines is 1. The van der Waals surface area contributed by atoms with Crippen LogP contribution in [-0.4, -0.2) is 23.5 Å². The molecular weight excluding hydrogens is 304 g/mol. The Morgan fingerprint density at radius 3 is 2.55 bits per heavy atom. The summed E-state index contributed by atoms with van der Waals surface area (Å²) in [6.45, 7) is 3.38. The van der Waals surface area contributed by atoms with Crippen molar-refractivity contribution in [2.45, 2.75) is 13.8 Å². The maximum absolute atomic E-state index is 11.9. The second-order valence-corrected chi connectivity index (χ2v) is 5.21. The van der Waals surface area contributed by atoms with Crippen molar-refractivity contribution in [3.05, 3.63) is 58.4 Å². The number of rotatable bonds is 4. The van der Waals surface area contributed by atoms with Crippen LogP contribution in [0.1, 0.15) is 21.5 Å². The standard InChI is InChI=1S/C16H15ClN2O3/c1-10-7-11(2)15(13(17)8-10)19-14(20)9-22-16(21)12-3-5-18-6-4-12/h3-8H,9H2,1-2H3,(H,19,20). The van der Waals surface area contributed by atoms with Crippen molar-refractivity contribution in [2.75, 3.05) is 11.9 Å². The first-order chi connectivity index (χ1) is 10.5. The molecule has 0 bridgehead atoms. The molecule has 0 aliphatic heterocycles. The number of amides is 1. The summed E-state index contributed by atoms with van der Waals surface area (Å²) < 4.78 is 4.94. The summed E-state index contributed by atoms with van der Waals surface area (Å²) in [5, 5.41) is 3.10. The third-order valence-electron chi connectivity index (χ3n) is 2.95. The summed E-state index contributed by atoms with van der Waals surface area (Å²) in [5.74, 6) is -1.03. The number of carbonyl (C=O) groups is 2. The van der Waals surface area contributed by atoms with Crippen molar-refractivity contribution in [1.82, 2.24) is 4.98 Å². The van der Waals surface area contributed by atoms with E-state index in [0.717, 1.165) is 11.1 Å². The average molecular weight is 319 g/mol. The number of aryl methyl sites for hydroxylation is 2. The molecule has 1 aromatic carbocycles. The highest BCUT2D eigenvalue weighted by molar-refractivity contribution is 6.34. The molecule has 1 aromatic heterocycles. The topological polar surface area (TPSA) is 68.3 Å². The molecule has 0 radical (unpaired) electrons. The number of hydrogen-bond acceptors (Lipinski definition) is 4. The van der Waals surface area contributed by atoms with Crippen LogP contribution in [0, 0.1) is 13.8 Å². The Labute approximate surface area is 133 Å². The van der Waals surface area contributed by atoms with E-state index in [9.17, 15) is 9.59 Å². The molecule has 0 fully saturated rings. The van der Waals surface area contributed by atoms with Gasteiger partial charge in [-0.25, -0.2) is 4.79 Å². The largest absolute Gasteiger partial charge is 0.452 e. The number of nitrogens with one attached hydrogen (secondary N) is 1. The fourth-order valence-corrected chi connectivity index (χ4v) is 2.32. The van der Waals surface area contributed by atoms with Gasteiger partial charge in [-0.1, -0.05) is 17.7 Å². The predicted molar refractivity (Wildman–Crippen MR) is 84.1 cm³/mol. The van der Waals surface area contributed by atoms with Crippen LogP contribution in [-0.2, 0) is 9.53 Å². The van der Waals surface area contributed by atoms with Crippen LogP contribution >= 0.6 is 11.6 Å². The van der Waals surface area contributed by atoms with Crippen molar-refractivity contribution >= 4 is 29.2 Å². The minimum absolute atomic E-state index is 0.340. The van der Waals surface area contributed by atoms with Gasteiger partial charge < -0.3 is 10.1 Å². The summed E-state index contributed by atoms with van der Waals surface area (Å²) in [6, 6.07) is 6.69. The van der Waals surface area contributed by atoms with Crippen molar-refractivity contribution in [1.29, 1.82) is 0 Å². The zero-order valence-corrected chi connectivity index (χ0v) is 13.0. The molecule has 0 saturated heterocycles. The second-order valence-electron chi connectivity index (χ2n) is 4.80.